The Balaban J connectivity index is 2.22. The zero-order valence-electron chi connectivity index (χ0n) is 17.7. The molecular weight excluding hydrogens is 364 g/mol. The van der Waals surface area contributed by atoms with Crippen molar-refractivity contribution in [1.82, 2.24) is 4.98 Å². The van der Waals surface area contributed by atoms with Gasteiger partial charge in [0, 0.05) is 21.4 Å². The van der Waals surface area contributed by atoms with Gasteiger partial charge in [-0.15, -0.1) is 11.8 Å². The van der Waals surface area contributed by atoms with Crippen LogP contribution in [0.5, 0.6) is 5.75 Å². The number of ether oxygens (including phenoxy) is 1. The Hall–Kier alpha value is -1.91. The molecule has 0 atom stereocenters. The van der Waals surface area contributed by atoms with Crippen LogP contribution in [0.4, 0.5) is 0 Å². The van der Waals surface area contributed by atoms with Gasteiger partial charge in [-0.3, -0.25) is 0 Å². The number of unbranched alkanes of at least 4 members (excludes halogenated alkanes) is 1. The highest BCUT2D eigenvalue weighted by molar-refractivity contribution is 7.98. The summed E-state index contributed by atoms with van der Waals surface area (Å²) >= 11 is 1.75. The highest BCUT2D eigenvalue weighted by Crippen LogP contribution is 2.39. The summed E-state index contributed by atoms with van der Waals surface area (Å²) in [4.78, 5) is 4.93. The Morgan fingerprint density at radius 3 is 2.50 bits per heavy atom. The Morgan fingerprint density at radius 1 is 1.07 bits per heavy atom. The van der Waals surface area contributed by atoms with Gasteiger partial charge in [0.05, 0.1) is 12.8 Å². The van der Waals surface area contributed by atoms with Crippen LogP contribution in [-0.4, -0.2) is 24.9 Å². The zero-order valence-corrected chi connectivity index (χ0v) is 18.5. The second kappa shape index (κ2) is 8.62. The highest BCUT2D eigenvalue weighted by Gasteiger charge is 2.20. The van der Waals surface area contributed by atoms with Crippen LogP contribution in [0.25, 0.3) is 22.2 Å². The molecule has 2 aromatic carbocycles. The predicted octanol–water partition coefficient (Wildman–Crippen LogP) is 6.14. The molecule has 3 rings (SSSR count). The van der Waals surface area contributed by atoms with Gasteiger partial charge in [0.2, 0.25) is 0 Å². The molecule has 0 fully saturated rings. The summed E-state index contributed by atoms with van der Waals surface area (Å²) in [5.41, 5.74) is 12.1. The Morgan fingerprint density at radius 2 is 1.86 bits per heavy atom. The molecule has 28 heavy (non-hydrogen) atoms. The lowest BCUT2D eigenvalue weighted by atomic mass is 9.86. The minimum Gasteiger partial charge on any atom is -0.496 e. The van der Waals surface area contributed by atoms with Crippen LogP contribution in [0.3, 0.4) is 0 Å². The van der Waals surface area contributed by atoms with E-state index in [-0.39, 0.29) is 5.41 Å². The van der Waals surface area contributed by atoms with E-state index in [9.17, 15) is 0 Å². The first kappa shape index (κ1) is 20.8. The lowest BCUT2D eigenvalue weighted by Gasteiger charge is -2.19. The van der Waals surface area contributed by atoms with Crippen LogP contribution in [-0.2, 0) is 11.8 Å². The topological polar surface area (TPSA) is 51.0 Å². The van der Waals surface area contributed by atoms with E-state index in [1.165, 1.54) is 32.6 Å². The molecule has 0 radical (unpaired) electrons. The van der Waals surface area contributed by atoms with Crippen LogP contribution in [0, 0.1) is 0 Å². The van der Waals surface area contributed by atoms with Gasteiger partial charge in [-0.25, -0.2) is 0 Å². The van der Waals surface area contributed by atoms with Crippen molar-refractivity contribution in [2.24, 2.45) is 5.73 Å². The second-order valence-electron chi connectivity index (χ2n) is 8.30. The molecule has 0 aliphatic heterocycles. The number of aromatic amines is 1. The van der Waals surface area contributed by atoms with Crippen molar-refractivity contribution in [1.29, 1.82) is 0 Å². The van der Waals surface area contributed by atoms with E-state index in [0.29, 0.717) is 0 Å². The Labute approximate surface area is 173 Å². The van der Waals surface area contributed by atoms with E-state index in [4.69, 9.17) is 10.5 Å². The van der Waals surface area contributed by atoms with Gasteiger partial charge in [0.1, 0.15) is 5.75 Å². The largest absolute Gasteiger partial charge is 0.496 e. The number of aryl methyl sites for hydroxylation is 1. The minimum atomic E-state index is 0.122. The van der Waals surface area contributed by atoms with Gasteiger partial charge in [-0.2, -0.15) is 0 Å². The fourth-order valence-corrected chi connectivity index (χ4v) is 4.10. The third kappa shape index (κ3) is 4.23. The number of thioether (sulfide) groups is 1. The van der Waals surface area contributed by atoms with Crippen molar-refractivity contribution in [2.45, 2.75) is 50.3 Å². The van der Waals surface area contributed by atoms with Crippen molar-refractivity contribution in [3.05, 3.63) is 47.5 Å². The number of nitrogens with one attached hydrogen (secondary N) is 1. The van der Waals surface area contributed by atoms with E-state index in [0.717, 1.165) is 37.1 Å². The van der Waals surface area contributed by atoms with Gasteiger partial charge >= 0.3 is 0 Å². The normalized spacial score (nSPS) is 11.9. The number of hydrogen-bond donors (Lipinski definition) is 2. The summed E-state index contributed by atoms with van der Waals surface area (Å²) < 4.78 is 5.70. The zero-order chi connectivity index (χ0) is 20.3. The molecule has 1 aromatic heterocycles. The molecular formula is C24H32N2OS. The summed E-state index contributed by atoms with van der Waals surface area (Å²) in [6, 6.07) is 13.2. The number of nitrogens with two attached hydrogens (primary N) is 1. The van der Waals surface area contributed by atoms with E-state index >= 15 is 0 Å². The van der Waals surface area contributed by atoms with Crippen LogP contribution in [0.1, 0.15) is 44.7 Å². The van der Waals surface area contributed by atoms with E-state index in [2.05, 4.69) is 68.4 Å². The average Bonchev–Trinajstić information content (AvgIpc) is 3.04. The Kier molecular flexibility index (Phi) is 6.41. The van der Waals surface area contributed by atoms with Crippen molar-refractivity contribution < 1.29 is 4.74 Å². The van der Waals surface area contributed by atoms with E-state index < -0.39 is 0 Å². The summed E-state index contributed by atoms with van der Waals surface area (Å²) in [6.07, 6.45) is 5.23. The molecule has 0 amide bonds. The number of rotatable bonds is 7. The molecule has 1 heterocycles. The summed E-state index contributed by atoms with van der Waals surface area (Å²) in [5, 5.41) is 1.32. The summed E-state index contributed by atoms with van der Waals surface area (Å²) in [6.45, 7) is 7.53. The summed E-state index contributed by atoms with van der Waals surface area (Å²) in [7, 11) is 1.74. The SMILES string of the molecule is COc1ccc(SC)cc1-c1[nH]c2ccc(C(C)(C)C)cc2c1CCCCN. The van der Waals surface area contributed by atoms with Gasteiger partial charge in [-0.05, 0) is 78.9 Å². The molecule has 0 saturated heterocycles. The second-order valence-corrected chi connectivity index (χ2v) is 9.18. The van der Waals surface area contributed by atoms with Gasteiger partial charge in [-0.1, -0.05) is 26.8 Å². The predicted molar refractivity (Wildman–Crippen MR) is 123 cm³/mol. The molecule has 0 aliphatic rings. The molecule has 0 aliphatic carbocycles. The maximum atomic E-state index is 5.76. The third-order valence-electron chi connectivity index (χ3n) is 5.33. The van der Waals surface area contributed by atoms with Crippen LogP contribution in [0.15, 0.2) is 41.3 Å². The molecule has 3 nitrogen and oxygen atoms in total. The standard InChI is InChI=1S/C24H32N2OS/c1-24(2,3)16-9-11-21-19(14-16)18(8-6-7-13-25)23(26-21)20-15-17(28-5)10-12-22(20)27-4/h9-12,14-15,26H,6-8,13,25H2,1-5H3. The minimum absolute atomic E-state index is 0.122. The maximum absolute atomic E-state index is 5.76. The van der Waals surface area contributed by atoms with Crippen molar-refractivity contribution in [3.8, 4) is 17.0 Å². The molecule has 3 N–H and O–H groups in total. The smallest absolute Gasteiger partial charge is 0.128 e. The number of aromatic nitrogens is 1. The first-order valence-corrected chi connectivity index (χ1v) is 11.2. The van der Waals surface area contributed by atoms with Crippen molar-refractivity contribution in [3.63, 3.8) is 0 Å². The average molecular weight is 397 g/mol. The number of methoxy groups -OCH3 is 1. The van der Waals surface area contributed by atoms with Crippen molar-refractivity contribution >= 4 is 22.7 Å². The maximum Gasteiger partial charge on any atom is 0.128 e. The fourth-order valence-electron chi connectivity index (χ4n) is 3.66. The van der Waals surface area contributed by atoms with Gasteiger partial charge < -0.3 is 15.5 Å². The molecule has 3 aromatic rings. The molecule has 0 bridgehead atoms. The van der Waals surface area contributed by atoms with Gasteiger partial charge in [0.25, 0.3) is 0 Å². The summed E-state index contributed by atoms with van der Waals surface area (Å²) in [5.74, 6) is 0.903. The molecule has 4 heteroatoms. The van der Waals surface area contributed by atoms with Crippen LogP contribution in [0.2, 0.25) is 0 Å². The lowest BCUT2D eigenvalue weighted by Crippen LogP contribution is -2.10. The first-order chi connectivity index (χ1) is 13.4. The number of hydrogen-bond acceptors (Lipinski definition) is 3. The van der Waals surface area contributed by atoms with E-state index in [1.807, 2.05) is 0 Å². The monoisotopic (exact) mass is 396 g/mol. The number of H-pyrrole nitrogens is 1. The highest BCUT2D eigenvalue weighted by atomic mass is 32.2. The first-order valence-electron chi connectivity index (χ1n) is 9.96. The van der Waals surface area contributed by atoms with E-state index in [1.54, 1.807) is 18.9 Å². The number of fused-ring (bicyclic) bond motifs is 1. The van der Waals surface area contributed by atoms with Crippen LogP contribution >= 0.6 is 11.8 Å². The quantitative estimate of drug-likeness (QED) is 0.372. The van der Waals surface area contributed by atoms with Crippen LogP contribution < -0.4 is 10.5 Å². The molecule has 0 spiro atoms. The van der Waals surface area contributed by atoms with Gasteiger partial charge in [0.15, 0.2) is 0 Å². The Bertz CT molecular complexity index is 953. The molecule has 0 saturated carbocycles. The molecule has 150 valence electrons. The molecule has 0 unspecified atom stereocenters. The van der Waals surface area contributed by atoms with Crippen molar-refractivity contribution in [2.75, 3.05) is 19.9 Å². The third-order valence-corrected chi connectivity index (χ3v) is 6.05. The lowest BCUT2D eigenvalue weighted by molar-refractivity contribution is 0.416. The number of benzene rings is 2. The fraction of sp³-hybridized carbons (Fsp3) is 0.417.